The van der Waals surface area contributed by atoms with Gasteiger partial charge in [0.2, 0.25) is 0 Å². The van der Waals surface area contributed by atoms with E-state index in [0.29, 0.717) is 18.4 Å². The number of rotatable bonds is 6. The average molecular weight is 475 g/mol. The Kier molecular flexibility index (Phi) is 7.01. The van der Waals surface area contributed by atoms with Crippen molar-refractivity contribution < 1.29 is 34.4 Å². The molecule has 0 bridgehead atoms. The number of hydrogen-bond donors (Lipinski definition) is 4. The van der Waals surface area contributed by atoms with Crippen molar-refractivity contribution in [2.75, 3.05) is 0 Å². The first-order valence-electron chi connectivity index (χ1n) is 11.3. The predicted octanol–water partition coefficient (Wildman–Crippen LogP) is 3.93. The monoisotopic (exact) mass is 475 g/mol. The Morgan fingerprint density at radius 3 is 2.06 bits per heavy atom. The summed E-state index contributed by atoms with van der Waals surface area (Å²) < 4.78 is 5.64. The second-order valence-corrected chi connectivity index (χ2v) is 8.44. The smallest absolute Gasteiger partial charge is 0.338 e. The normalized spacial score (nSPS) is 17.4. The molecule has 0 spiro atoms. The highest BCUT2D eigenvalue weighted by molar-refractivity contribution is 6.13. The van der Waals surface area contributed by atoms with Crippen molar-refractivity contribution in [3.8, 4) is 17.2 Å². The van der Waals surface area contributed by atoms with Gasteiger partial charge in [0, 0.05) is 11.1 Å². The fourth-order valence-electron chi connectivity index (χ4n) is 4.17. The molecule has 3 aromatic carbocycles. The summed E-state index contributed by atoms with van der Waals surface area (Å²) in [4.78, 5) is 38.1. The van der Waals surface area contributed by atoms with E-state index in [0.717, 1.165) is 25.0 Å². The predicted molar refractivity (Wildman–Crippen MR) is 127 cm³/mol. The molecule has 0 aliphatic heterocycles. The third-order valence-corrected chi connectivity index (χ3v) is 6.00. The van der Waals surface area contributed by atoms with Gasteiger partial charge in [-0.15, -0.1) is 0 Å². The molecule has 4 N–H and O–H groups in total. The van der Waals surface area contributed by atoms with Crippen LogP contribution in [-0.4, -0.2) is 45.1 Å². The van der Waals surface area contributed by atoms with Gasteiger partial charge >= 0.3 is 5.97 Å². The highest BCUT2D eigenvalue weighted by Crippen LogP contribution is 2.32. The maximum Gasteiger partial charge on any atom is 0.338 e. The molecule has 0 radical (unpaired) electrons. The summed E-state index contributed by atoms with van der Waals surface area (Å²) in [5.41, 5.74) is 0.234. The molecule has 1 saturated carbocycles. The van der Waals surface area contributed by atoms with Crippen molar-refractivity contribution in [2.45, 2.75) is 37.8 Å². The van der Waals surface area contributed by atoms with E-state index in [1.54, 1.807) is 30.3 Å². The lowest BCUT2D eigenvalue weighted by atomic mass is 9.92. The van der Waals surface area contributed by atoms with Gasteiger partial charge in [0.15, 0.2) is 5.78 Å². The lowest BCUT2D eigenvalue weighted by Crippen LogP contribution is -2.47. The molecular weight excluding hydrogens is 450 g/mol. The van der Waals surface area contributed by atoms with E-state index in [1.165, 1.54) is 24.3 Å². The van der Waals surface area contributed by atoms with Crippen molar-refractivity contribution in [1.82, 2.24) is 5.32 Å². The first-order valence-corrected chi connectivity index (χ1v) is 11.3. The van der Waals surface area contributed by atoms with Crippen LogP contribution in [0.4, 0.5) is 0 Å². The number of benzene rings is 3. The summed E-state index contributed by atoms with van der Waals surface area (Å²) >= 11 is 0. The third-order valence-electron chi connectivity index (χ3n) is 6.00. The molecule has 2 atom stereocenters. The fraction of sp³-hybridized carbons (Fsp3) is 0.222. The number of phenols is 3. The van der Waals surface area contributed by atoms with E-state index < -0.39 is 35.4 Å². The maximum absolute atomic E-state index is 12.8. The minimum absolute atomic E-state index is 0.0500. The molecular formula is C27H25NO7. The molecule has 0 heterocycles. The Morgan fingerprint density at radius 2 is 1.40 bits per heavy atom. The van der Waals surface area contributed by atoms with E-state index in [1.807, 2.05) is 0 Å². The highest BCUT2D eigenvalue weighted by atomic mass is 16.5. The maximum atomic E-state index is 12.8. The Morgan fingerprint density at radius 1 is 0.771 bits per heavy atom. The van der Waals surface area contributed by atoms with E-state index in [2.05, 4.69) is 5.32 Å². The van der Waals surface area contributed by atoms with Crippen LogP contribution in [0.25, 0.3) is 0 Å². The van der Waals surface area contributed by atoms with Gasteiger partial charge in [0.05, 0.1) is 11.6 Å². The molecule has 2 unspecified atom stereocenters. The number of phenolic OH excluding ortho intramolecular Hbond substituents is 3. The largest absolute Gasteiger partial charge is 0.508 e. The minimum atomic E-state index is -0.787. The number of aromatic hydroxyl groups is 3. The minimum Gasteiger partial charge on any atom is -0.508 e. The van der Waals surface area contributed by atoms with Crippen LogP contribution < -0.4 is 5.32 Å². The summed E-state index contributed by atoms with van der Waals surface area (Å²) in [6.45, 7) is 0. The lowest BCUT2D eigenvalue weighted by Gasteiger charge is -2.31. The van der Waals surface area contributed by atoms with Crippen molar-refractivity contribution in [3.63, 3.8) is 0 Å². The van der Waals surface area contributed by atoms with Gasteiger partial charge < -0.3 is 25.4 Å². The van der Waals surface area contributed by atoms with Gasteiger partial charge in [-0.1, -0.05) is 36.8 Å². The van der Waals surface area contributed by atoms with Gasteiger partial charge in [-0.3, -0.25) is 9.59 Å². The SMILES string of the molecule is O=C(NC1CCCCC1OC(=O)c1cc(O)c(C(=O)c2ccccc2)c(O)c1)c1ccc(O)cc1. The molecule has 35 heavy (non-hydrogen) atoms. The molecule has 3 aromatic rings. The van der Waals surface area contributed by atoms with E-state index in [-0.39, 0.29) is 28.3 Å². The van der Waals surface area contributed by atoms with Crippen LogP contribution in [0.5, 0.6) is 17.2 Å². The second-order valence-electron chi connectivity index (χ2n) is 8.44. The van der Waals surface area contributed by atoms with Crippen LogP contribution in [-0.2, 0) is 4.74 Å². The molecule has 0 aromatic heterocycles. The van der Waals surface area contributed by atoms with Crippen LogP contribution in [0.15, 0.2) is 66.7 Å². The number of ketones is 1. The zero-order chi connectivity index (χ0) is 24.9. The molecule has 0 saturated heterocycles. The molecule has 8 nitrogen and oxygen atoms in total. The van der Waals surface area contributed by atoms with Crippen molar-refractivity contribution in [1.29, 1.82) is 0 Å². The van der Waals surface area contributed by atoms with Crippen LogP contribution in [0, 0.1) is 0 Å². The number of amides is 1. The highest BCUT2D eigenvalue weighted by Gasteiger charge is 2.31. The van der Waals surface area contributed by atoms with Gasteiger partial charge in [-0.25, -0.2) is 4.79 Å². The number of carbonyl (C=O) groups excluding carboxylic acids is 3. The molecule has 4 rings (SSSR count). The second kappa shape index (κ2) is 10.3. The summed E-state index contributed by atoms with van der Waals surface area (Å²) in [7, 11) is 0. The molecule has 1 amide bonds. The van der Waals surface area contributed by atoms with Crippen LogP contribution >= 0.6 is 0 Å². The Labute approximate surface area is 201 Å². The standard InChI is InChI=1S/C27H25NO7/c29-19-12-10-17(11-13-19)26(33)28-20-8-4-5-9-23(20)35-27(34)18-14-21(30)24(22(31)15-18)25(32)16-6-2-1-3-7-16/h1-3,6-7,10-15,20,23,29-31H,4-5,8-9H2,(H,28,33). The number of carbonyl (C=O) groups is 3. The first-order chi connectivity index (χ1) is 16.8. The van der Waals surface area contributed by atoms with Gasteiger partial charge in [0.1, 0.15) is 28.9 Å². The van der Waals surface area contributed by atoms with E-state index in [9.17, 15) is 29.7 Å². The van der Waals surface area contributed by atoms with Gasteiger partial charge in [0.25, 0.3) is 5.91 Å². The fourth-order valence-corrected chi connectivity index (χ4v) is 4.17. The van der Waals surface area contributed by atoms with Crippen LogP contribution in [0.1, 0.15) is 62.3 Å². The Bertz CT molecular complexity index is 1220. The summed E-state index contributed by atoms with van der Waals surface area (Å²) in [6, 6.07) is 15.8. The first kappa shape index (κ1) is 23.8. The van der Waals surface area contributed by atoms with E-state index >= 15 is 0 Å². The lowest BCUT2D eigenvalue weighted by molar-refractivity contribution is 0.00996. The molecule has 1 aliphatic carbocycles. The van der Waals surface area contributed by atoms with Gasteiger partial charge in [-0.05, 0) is 55.7 Å². The number of esters is 1. The molecule has 1 aliphatic rings. The van der Waals surface area contributed by atoms with Crippen molar-refractivity contribution in [3.05, 3.63) is 89.0 Å². The molecule has 180 valence electrons. The zero-order valence-electron chi connectivity index (χ0n) is 18.8. The Hall–Kier alpha value is -4.33. The molecule has 8 heteroatoms. The quantitative estimate of drug-likeness (QED) is 0.314. The van der Waals surface area contributed by atoms with Crippen LogP contribution in [0.3, 0.4) is 0 Å². The molecule has 1 fully saturated rings. The van der Waals surface area contributed by atoms with Crippen molar-refractivity contribution in [2.24, 2.45) is 0 Å². The van der Waals surface area contributed by atoms with Gasteiger partial charge in [-0.2, -0.15) is 0 Å². The average Bonchev–Trinajstić information content (AvgIpc) is 2.85. The number of hydrogen-bond acceptors (Lipinski definition) is 7. The summed E-state index contributed by atoms with van der Waals surface area (Å²) in [6.07, 6.45) is 2.21. The number of ether oxygens (including phenoxy) is 1. The van der Waals surface area contributed by atoms with E-state index in [4.69, 9.17) is 4.74 Å². The topological polar surface area (TPSA) is 133 Å². The van der Waals surface area contributed by atoms with Crippen LogP contribution in [0.2, 0.25) is 0 Å². The summed E-state index contributed by atoms with van der Waals surface area (Å²) in [5.74, 6) is -2.74. The Balaban J connectivity index is 1.48. The third kappa shape index (κ3) is 5.43. The number of nitrogens with one attached hydrogen (secondary N) is 1. The van der Waals surface area contributed by atoms with Crippen molar-refractivity contribution >= 4 is 17.7 Å². The zero-order valence-corrected chi connectivity index (χ0v) is 18.8. The summed E-state index contributed by atoms with van der Waals surface area (Å²) in [5, 5.41) is 33.1.